The molecule has 0 radical (unpaired) electrons. The number of methoxy groups -OCH3 is 1. The summed E-state index contributed by atoms with van der Waals surface area (Å²) >= 11 is 1.41. The van der Waals surface area contributed by atoms with Crippen molar-refractivity contribution in [1.29, 1.82) is 0 Å². The van der Waals surface area contributed by atoms with Crippen LogP contribution in [0, 0.1) is 5.82 Å². The normalized spacial score (nSPS) is 16.5. The topological polar surface area (TPSA) is 77.4 Å². The third-order valence-corrected chi connectivity index (χ3v) is 5.75. The number of pyridine rings is 1. The SMILES string of the molecule is CCC(=O)N1CC[C@H](Oc2ncnc3sc(-c4cnc(OC)c(F)c4)cc23)C1. The minimum atomic E-state index is -0.522. The minimum absolute atomic E-state index is 0.0407. The van der Waals surface area contributed by atoms with Gasteiger partial charge in [-0.25, -0.2) is 19.3 Å². The van der Waals surface area contributed by atoms with Gasteiger partial charge in [0.2, 0.25) is 17.7 Å². The highest BCUT2D eigenvalue weighted by atomic mass is 32.1. The molecular formula is C19H19FN4O3S. The first-order valence-electron chi connectivity index (χ1n) is 8.98. The Morgan fingerprint density at radius 3 is 2.93 bits per heavy atom. The molecule has 1 fully saturated rings. The van der Waals surface area contributed by atoms with Crippen molar-refractivity contribution in [3.8, 4) is 22.2 Å². The van der Waals surface area contributed by atoms with Crippen molar-refractivity contribution in [2.45, 2.75) is 25.9 Å². The van der Waals surface area contributed by atoms with E-state index >= 15 is 0 Å². The number of hydrogen-bond acceptors (Lipinski definition) is 7. The largest absolute Gasteiger partial charge is 0.479 e. The molecule has 1 aliphatic rings. The Bertz CT molecular complexity index is 1030. The molecule has 1 aliphatic heterocycles. The molecule has 1 atom stereocenters. The zero-order chi connectivity index (χ0) is 19.7. The predicted octanol–water partition coefficient (Wildman–Crippen LogP) is 3.29. The zero-order valence-corrected chi connectivity index (χ0v) is 16.3. The Kier molecular flexibility index (Phi) is 5.08. The molecule has 0 spiro atoms. The Hall–Kier alpha value is -2.81. The highest BCUT2D eigenvalue weighted by molar-refractivity contribution is 7.21. The van der Waals surface area contributed by atoms with Crippen LogP contribution in [0.3, 0.4) is 0 Å². The van der Waals surface area contributed by atoms with Gasteiger partial charge in [0, 0.05) is 36.0 Å². The summed E-state index contributed by atoms with van der Waals surface area (Å²) < 4.78 is 24.9. The number of ether oxygens (including phenoxy) is 2. The molecule has 3 aromatic heterocycles. The molecule has 0 bridgehead atoms. The molecule has 4 heterocycles. The standard InChI is InChI=1S/C19H19FN4O3S/c1-3-16(25)24-5-4-12(9-24)27-17-13-7-15(28-19(13)23-10-22-17)11-6-14(20)18(26-2)21-8-11/h6-8,10,12H,3-5,9H2,1-2H3/t12-/m0/s1. The van der Waals surface area contributed by atoms with E-state index in [9.17, 15) is 9.18 Å². The lowest BCUT2D eigenvalue weighted by Crippen LogP contribution is -2.30. The van der Waals surface area contributed by atoms with Gasteiger partial charge in [0.15, 0.2) is 5.82 Å². The summed E-state index contributed by atoms with van der Waals surface area (Å²) in [6.45, 7) is 3.11. The second-order valence-electron chi connectivity index (χ2n) is 6.45. The molecular weight excluding hydrogens is 383 g/mol. The van der Waals surface area contributed by atoms with Crippen molar-refractivity contribution in [3.05, 3.63) is 30.5 Å². The van der Waals surface area contributed by atoms with Crippen LogP contribution >= 0.6 is 11.3 Å². The van der Waals surface area contributed by atoms with Crippen molar-refractivity contribution in [3.63, 3.8) is 0 Å². The fourth-order valence-electron chi connectivity index (χ4n) is 3.21. The molecule has 0 N–H and O–H groups in total. The molecule has 7 nitrogen and oxygen atoms in total. The highest BCUT2D eigenvalue weighted by Gasteiger charge is 2.27. The van der Waals surface area contributed by atoms with Crippen LogP contribution in [0.4, 0.5) is 4.39 Å². The average molecular weight is 402 g/mol. The van der Waals surface area contributed by atoms with Gasteiger partial charge in [-0.2, -0.15) is 0 Å². The van der Waals surface area contributed by atoms with Crippen molar-refractivity contribution < 1.29 is 18.7 Å². The number of rotatable bonds is 5. The van der Waals surface area contributed by atoms with Gasteiger partial charge in [0.1, 0.15) is 17.3 Å². The summed E-state index contributed by atoms with van der Waals surface area (Å²) in [4.78, 5) is 27.8. The van der Waals surface area contributed by atoms with Crippen LogP contribution in [0.15, 0.2) is 24.7 Å². The third-order valence-electron chi connectivity index (χ3n) is 4.66. The number of hydrogen-bond donors (Lipinski definition) is 0. The Balaban J connectivity index is 1.59. The summed E-state index contributed by atoms with van der Waals surface area (Å²) in [7, 11) is 1.38. The second kappa shape index (κ2) is 7.67. The number of nitrogens with zero attached hydrogens (tertiary/aromatic N) is 4. The molecule has 4 rings (SSSR count). The fourth-order valence-corrected chi connectivity index (χ4v) is 4.18. The van der Waals surface area contributed by atoms with E-state index in [1.165, 1.54) is 30.8 Å². The second-order valence-corrected chi connectivity index (χ2v) is 7.48. The molecule has 0 saturated carbocycles. The van der Waals surface area contributed by atoms with Crippen LogP contribution in [0.2, 0.25) is 0 Å². The van der Waals surface area contributed by atoms with Crippen LogP contribution in [0.5, 0.6) is 11.8 Å². The van der Waals surface area contributed by atoms with E-state index in [-0.39, 0.29) is 17.9 Å². The van der Waals surface area contributed by atoms with Gasteiger partial charge in [-0.3, -0.25) is 4.79 Å². The minimum Gasteiger partial charge on any atom is -0.479 e. The van der Waals surface area contributed by atoms with Crippen LogP contribution in [-0.4, -0.2) is 52.1 Å². The van der Waals surface area contributed by atoms with Crippen molar-refractivity contribution >= 4 is 27.5 Å². The lowest BCUT2D eigenvalue weighted by molar-refractivity contribution is -0.130. The molecule has 1 amide bonds. The quantitative estimate of drug-likeness (QED) is 0.652. The van der Waals surface area contributed by atoms with Crippen LogP contribution in [0.25, 0.3) is 20.7 Å². The van der Waals surface area contributed by atoms with E-state index in [1.54, 1.807) is 6.20 Å². The number of thiophene rings is 1. The smallest absolute Gasteiger partial charge is 0.250 e. The highest BCUT2D eigenvalue weighted by Crippen LogP contribution is 2.37. The van der Waals surface area contributed by atoms with Crippen molar-refractivity contribution in [2.24, 2.45) is 0 Å². The van der Waals surface area contributed by atoms with Crippen LogP contribution in [-0.2, 0) is 4.79 Å². The summed E-state index contributed by atoms with van der Waals surface area (Å²) in [6, 6.07) is 3.26. The third kappa shape index (κ3) is 3.49. The first-order valence-corrected chi connectivity index (χ1v) is 9.79. The number of fused-ring (bicyclic) bond motifs is 1. The summed E-state index contributed by atoms with van der Waals surface area (Å²) in [5, 5.41) is 0.763. The predicted molar refractivity (Wildman–Crippen MR) is 103 cm³/mol. The van der Waals surface area contributed by atoms with Gasteiger partial charge in [-0.05, 0) is 12.1 Å². The number of aromatic nitrogens is 3. The van der Waals surface area contributed by atoms with E-state index in [0.29, 0.717) is 31.0 Å². The molecule has 1 saturated heterocycles. The van der Waals surface area contributed by atoms with Gasteiger partial charge in [-0.1, -0.05) is 6.92 Å². The maximum absolute atomic E-state index is 14.0. The maximum atomic E-state index is 14.0. The van der Waals surface area contributed by atoms with Crippen molar-refractivity contribution in [2.75, 3.05) is 20.2 Å². The zero-order valence-electron chi connectivity index (χ0n) is 15.5. The Labute approximate surface area is 165 Å². The monoisotopic (exact) mass is 402 g/mol. The van der Waals surface area contributed by atoms with Crippen LogP contribution < -0.4 is 9.47 Å². The summed E-state index contributed by atoms with van der Waals surface area (Å²) in [6.07, 6.45) is 4.17. The van der Waals surface area contributed by atoms with Gasteiger partial charge in [0.25, 0.3) is 0 Å². The number of amides is 1. The lowest BCUT2D eigenvalue weighted by atomic mass is 10.2. The first kappa shape index (κ1) is 18.5. The van der Waals surface area contributed by atoms with Gasteiger partial charge in [-0.15, -0.1) is 11.3 Å². The van der Waals surface area contributed by atoms with E-state index in [0.717, 1.165) is 21.5 Å². The number of carbonyl (C=O) groups excluding carboxylic acids is 1. The molecule has 0 aliphatic carbocycles. The fraction of sp³-hybridized carbons (Fsp3) is 0.368. The molecule has 3 aromatic rings. The first-order chi connectivity index (χ1) is 13.6. The Morgan fingerprint density at radius 2 is 2.18 bits per heavy atom. The number of likely N-dealkylation sites (tertiary alicyclic amines) is 1. The van der Waals surface area contributed by atoms with Gasteiger partial charge >= 0.3 is 0 Å². The van der Waals surface area contributed by atoms with E-state index in [4.69, 9.17) is 9.47 Å². The summed E-state index contributed by atoms with van der Waals surface area (Å²) in [5.41, 5.74) is 0.632. The van der Waals surface area contributed by atoms with Crippen molar-refractivity contribution in [1.82, 2.24) is 19.9 Å². The summed E-state index contributed by atoms with van der Waals surface area (Å²) in [5.74, 6) is 0.0452. The average Bonchev–Trinajstić information content (AvgIpc) is 3.35. The number of carbonyl (C=O) groups is 1. The number of halogens is 1. The molecule has 28 heavy (non-hydrogen) atoms. The molecule has 146 valence electrons. The van der Waals surface area contributed by atoms with E-state index < -0.39 is 5.82 Å². The molecule has 0 unspecified atom stereocenters. The van der Waals surface area contributed by atoms with Gasteiger partial charge in [0.05, 0.1) is 19.0 Å². The van der Waals surface area contributed by atoms with E-state index in [1.807, 2.05) is 17.9 Å². The lowest BCUT2D eigenvalue weighted by Gasteiger charge is -2.16. The molecule has 9 heteroatoms. The van der Waals surface area contributed by atoms with Crippen LogP contribution in [0.1, 0.15) is 19.8 Å². The molecule has 0 aromatic carbocycles. The Morgan fingerprint density at radius 1 is 1.32 bits per heavy atom. The maximum Gasteiger partial charge on any atom is 0.250 e. The van der Waals surface area contributed by atoms with E-state index in [2.05, 4.69) is 15.0 Å². The van der Waals surface area contributed by atoms with Gasteiger partial charge < -0.3 is 14.4 Å².